The van der Waals surface area contributed by atoms with Gasteiger partial charge in [-0.2, -0.15) is 4.72 Å². The zero-order valence-corrected chi connectivity index (χ0v) is 13.1. The van der Waals surface area contributed by atoms with Gasteiger partial charge in [0.25, 0.3) is 0 Å². The van der Waals surface area contributed by atoms with Crippen molar-refractivity contribution in [3.05, 3.63) is 77.2 Å². The fourth-order valence-corrected chi connectivity index (χ4v) is 2.99. The minimum absolute atomic E-state index is 0.0780. The van der Waals surface area contributed by atoms with Crippen LogP contribution in [-0.2, 0) is 21.2 Å². The van der Waals surface area contributed by atoms with Crippen LogP contribution in [0.2, 0.25) is 0 Å². The molecule has 2 aromatic rings. The first kappa shape index (κ1) is 16.9. The Balaban J connectivity index is 2.09. The SMILES string of the molecule is O=C(O)[C@@H](Cc1ccccc1)NS(=O)(=O)/C=C/c1ccccc1. The highest BCUT2D eigenvalue weighted by atomic mass is 32.2. The van der Waals surface area contributed by atoms with Crippen molar-refractivity contribution in [3.8, 4) is 0 Å². The van der Waals surface area contributed by atoms with Crippen molar-refractivity contribution in [1.29, 1.82) is 0 Å². The molecule has 0 aromatic heterocycles. The summed E-state index contributed by atoms with van der Waals surface area (Å²) in [4.78, 5) is 11.3. The molecule has 0 amide bonds. The van der Waals surface area contributed by atoms with Crippen molar-refractivity contribution in [2.24, 2.45) is 0 Å². The Hall–Kier alpha value is -2.44. The van der Waals surface area contributed by atoms with Crippen molar-refractivity contribution in [3.63, 3.8) is 0 Å². The normalized spacial score (nSPS) is 13.0. The molecule has 1 atom stereocenters. The molecule has 2 aromatic carbocycles. The van der Waals surface area contributed by atoms with Crippen LogP contribution in [0.25, 0.3) is 6.08 Å². The summed E-state index contributed by atoms with van der Waals surface area (Å²) in [6.07, 6.45) is 1.50. The van der Waals surface area contributed by atoms with Gasteiger partial charge in [-0.05, 0) is 23.6 Å². The molecule has 0 radical (unpaired) electrons. The van der Waals surface area contributed by atoms with Crippen LogP contribution in [0.15, 0.2) is 66.1 Å². The number of carbonyl (C=O) groups is 1. The molecule has 0 aliphatic heterocycles. The van der Waals surface area contributed by atoms with E-state index in [1.165, 1.54) is 6.08 Å². The molecule has 0 fully saturated rings. The van der Waals surface area contributed by atoms with E-state index in [2.05, 4.69) is 4.72 Å². The topological polar surface area (TPSA) is 83.5 Å². The number of rotatable bonds is 7. The van der Waals surface area contributed by atoms with Gasteiger partial charge in [-0.1, -0.05) is 60.7 Å². The van der Waals surface area contributed by atoms with E-state index in [4.69, 9.17) is 0 Å². The van der Waals surface area contributed by atoms with Crippen LogP contribution in [0.3, 0.4) is 0 Å². The number of carboxylic acids is 1. The Morgan fingerprint density at radius 1 is 1.04 bits per heavy atom. The van der Waals surface area contributed by atoms with Crippen molar-refractivity contribution in [1.82, 2.24) is 4.72 Å². The summed E-state index contributed by atoms with van der Waals surface area (Å²) >= 11 is 0. The van der Waals surface area contributed by atoms with Crippen molar-refractivity contribution < 1.29 is 18.3 Å². The van der Waals surface area contributed by atoms with Crippen LogP contribution in [-0.4, -0.2) is 25.5 Å². The van der Waals surface area contributed by atoms with Crippen LogP contribution in [0.1, 0.15) is 11.1 Å². The summed E-state index contributed by atoms with van der Waals surface area (Å²) < 4.78 is 26.3. The van der Waals surface area contributed by atoms with Crippen molar-refractivity contribution in [2.45, 2.75) is 12.5 Å². The van der Waals surface area contributed by atoms with Gasteiger partial charge >= 0.3 is 5.97 Å². The van der Waals surface area contributed by atoms with Gasteiger partial charge in [0.15, 0.2) is 0 Å². The summed E-state index contributed by atoms with van der Waals surface area (Å²) in [5.41, 5.74) is 1.46. The molecule has 0 bridgehead atoms. The average Bonchev–Trinajstić information content (AvgIpc) is 2.54. The van der Waals surface area contributed by atoms with E-state index in [9.17, 15) is 18.3 Å². The van der Waals surface area contributed by atoms with Crippen LogP contribution in [0.5, 0.6) is 0 Å². The summed E-state index contributed by atoms with van der Waals surface area (Å²) in [7, 11) is -3.86. The van der Waals surface area contributed by atoms with Gasteiger partial charge in [0.05, 0.1) is 0 Å². The molecule has 120 valence electrons. The summed E-state index contributed by atoms with van der Waals surface area (Å²) in [6, 6.07) is 16.6. The highest BCUT2D eigenvalue weighted by Crippen LogP contribution is 2.07. The highest BCUT2D eigenvalue weighted by Gasteiger charge is 2.22. The predicted molar refractivity (Wildman–Crippen MR) is 89.1 cm³/mol. The fraction of sp³-hybridized carbons (Fsp3) is 0.118. The fourth-order valence-electron chi connectivity index (χ4n) is 2.00. The highest BCUT2D eigenvalue weighted by molar-refractivity contribution is 7.92. The molecule has 0 saturated carbocycles. The smallest absolute Gasteiger partial charge is 0.322 e. The molecule has 2 N–H and O–H groups in total. The first-order valence-electron chi connectivity index (χ1n) is 6.98. The standard InChI is InChI=1S/C17H17NO4S/c19-17(20)16(13-15-9-5-2-6-10-15)18-23(21,22)12-11-14-7-3-1-4-8-14/h1-12,16,18H,13H2,(H,19,20)/b12-11+/t16-/m1/s1. The quantitative estimate of drug-likeness (QED) is 0.815. The molecule has 0 unspecified atom stereocenters. The lowest BCUT2D eigenvalue weighted by atomic mass is 10.1. The van der Waals surface area contributed by atoms with Gasteiger partial charge in [-0.3, -0.25) is 4.79 Å². The van der Waals surface area contributed by atoms with E-state index in [-0.39, 0.29) is 6.42 Å². The van der Waals surface area contributed by atoms with Crippen molar-refractivity contribution in [2.75, 3.05) is 0 Å². The molecule has 6 heteroatoms. The second-order valence-corrected chi connectivity index (χ2v) is 6.55. The number of benzene rings is 2. The predicted octanol–water partition coefficient (Wildman–Crippen LogP) is 2.27. The molecule has 0 heterocycles. The molecule has 0 spiro atoms. The molecular weight excluding hydrogens is 314 g/mol. The van der Waals surface area contributed by atoms with Gasteiger partial charge in [-0.25, -0.2) is 8.42 Å². The van der Waals surface area contributed by atoms with E-state index in [0.29, 0.717) is 5.56 Å². The maximum atomic E-state index is 12.0. The zero-order chi connectivity index (χ0) is 16.7. The Kier molecular flexibility index (Phi) is 5.67. The Labute approximate surface area is 135 Å². The largest absolute Gasteiger partial charge is 0.480 e. The lowest BCUT2D eigenvalue weighted by Gasteiger charge is -2.13. The third-order valence-electron chi connectivity index (χ3n) is 3.13. The van der Waals surface area contributed by atoms with E-state index in [1.54, 1.807) is 48.5 Å². The van der Waals surface area contributed by atoms with Crippen LogP contribution >= 0.6 is 0 Å². The molecule has 5 nitrogen and oxygen atoms in total. The number of hydrogen-bond donors (Lipinski definition) is 2. The van der Waals surface area contributed by atoms with E-state index in [0.717, 1.165) is 11.0 Å². The third kappa shape index (κ3) is 5.69. The zero-order valence-electron chi connectivity index (χ0n) is 12.3. The lowest BCUT2D eigenvalue weighted by Crippen LogP contribution is -2.41. The Bertz CT molecular complexity index is 771. The maximum Gasteiger partial charge on any atom is 0.322 e. The first-order valence-corrected chi connectivity index (χ1v) is 8.53. The van der Waals surface area contributed by atoms with E-state index in [1.807, 2.05) is 12.1 Å². The van der Waals surface area contributed by atoms with Crippen LogP contribution in [0.4, 0.5) is 0 Å². The van der Waals surface area contributed by atoms with Gasteiger partial charge in [0, 0.05) is 5.41 Å². The second-order valence-electron chi connectivity index (χ2n) is 4.96. The van der Waals surface area contributed by atoms with E-state index >= 15 is 0 Å². The summed E-state index contributed by atoms with van der Waals surface area (Å²) in [5.74, 6) is -1.22. The number of sulfonamides is 1. The Morgan fingerprint density at radius 2 is 1.61 bits per heavy atom. The van der Waals surface area contributed by atoms with Gasteiger partial charge in [-0.15, -0.1) is 0 Å². The lowest BCUT2D eigenvalue weighted by molar-refractivity contribution is -0.138. The molecule has 0 aliphatic rings. The molecule has 2 rings (SSSR count). The molecule has 23 heavy (non-hydrogen) atoms. The average molecular weight is 331 g/mol. The maximum absolute atomic E-state index is 12.0. The number of aliphatic carboxylic acids is 1. The van der Waals surface area contributed by atoms with Gasteiger partial charge in [0.1, 0.15) is 6.04 Å². The summed E-state index contributed by atoms with van der Waals surface area (Å²) in [5, 5.41) is 10.2. The summed E-state index contributed by atoms with van der Waals surface area (Å²) in [6.45, 7) is 0. The minimum Gasteiger partial charge on any atom is -0.480 e. The van der Waals surface area contributed by atoms with E-state index < -0.39 is 22.0 Å². The second kappa shape index (κ2) is 7.71. The molecule has 0 saturated heterocycles. The Morgan fingerprint density at radius 3 is 2.17 bits per heavy atom. The van der Waals surface area contributed by atoms with Crippen LogP contribution < -0.4 is 4.72 Å². The van der Waals surface area contributed by atoms with Crippen LogP contribution in [0, 0.1) is 0 Å². The minimum atomic E-state index is -3.86. The van der Waals surface area contributed by atoms with Gasteiger partial charge in [0.2, 0.25) is 10.0 Å². The monoisotopic (exact) mass is 331 g/mol. The molecule has 0 aliphatic carbocycles. The number of nitrogens with one attached hydrogen (secondary N) is 1. The van der Waals surface area contributed by atoms with Crippen molar-refractivity contribution >= 4 is 22.1 Å². The number of hydrogen-bond acceptors (Lipinski definition) is 3. The van der Waals surface area contributed by atoms with Gasteiger partial charge < -0.3 is 5.11 Å². The molecular formula is C17H17NO4S. The number of carboxylic acid groups (broad SMARTS) is 1. The first-order chi connectivity index (χ1) is 11.0. The third-order valence-corrected chi connectivity index (χ3v) is 4.23.